The van der Waals surface area contributed by atoms with Gasteiger partial charge in [-0.05, 0) is 31.2 Å². The second-order valence-electron chi connectivity index (χ2n) is 6.94. The van der Waals surface area contributed by atoms with Crippen LogP contribution in [-0.2, 0) is 6.54 Å². The summed E-state index contributed by atoms with van der Waals surface area (Å²) in [6, 6.07) is 11.3. The molecule has 2 aromatic rings. The van der Waals surface area contributed by atoms with Crippen LogP contribution in [0.25, 0.3) is 0 Å². The van der Waals surface area contributed by atoms with Crippen LogP contribution in [0.4, 0.5) is 0 Å². The number of nitrogens with zero attached hydrogens (tertiary/aromatic N) is 3. The number of fused-ring (bicyclic) bond motifs is 1. The lowest BCUT2D eigenvalue weighted by Gasteiger charge is -2.27. The zero-order valence-corrected chi connectivity index (χ0v) is 14.3. The highest BCUT2D eigenvalue weighted by Gasteiger charge is 2.32. The van der Waals surface area contributed by atoms with Gasteiger partial charge in [0, 0.05) is 19.2 Å². The minimum Gasteiger partial charge on any atom is -0.344 e. The molecule has 1 fully saturated rings. The Labute approximate surface area is 146 Å². The number of hydrogen-bond acceptors (Lipinski definition) is 3. The first-order chi connectivity index (χ1) is 12.1. The third-order valence-corrected chi connectivity index (χ3v) is 4.92. The van der Waals surface area contributed by atoms with Crippen LogP contribution >= 0.6 is 0 Å². The Balaban J connectivity index is 1.47. The molecule has 1 unspecified atom stereocenters. The molecule has 1 N–H and O–H groups in total. The maximum atomic E-state index is 12.6. The Morgan fingerprint density at radius 3 is 2.76 bits per heavy atom. The van der Waals surface area contributed by atoms with Gasteiger partial charge in [0.15, 0.2) is 5.69 Å². The van der Waals surface area contributed by atoms with E-state index in [0.29, 0.717) is 30.4 Å². The Morgan fingerprint density at radius 1 is 1.28 bits per heavy atom. The lowest BCUT2D eigenvalue weighted by molar-refractivity contribution is 0.0688. The van der Waals surface area contributed by atoms with Crippen molar-refractivity contribution < 1.29 is 9.59 Å². The van der Waals surface area contributed by atoms with E-state index in [1.807, 2.05) is 42.2 Å². The fourth-order valence-corrected chi connectivity index (χ4v) is 3.23. The lowest BCUT2D eigenvalue weighted by Crippen LogP contribution is -2.41. The predicted octanol–water partition coefficient (Wildman–Crippen LogP) is 2.24. The number of hydrogen-bond donors (Lipinski definition) is 1. The normalized spacial score (nSPS) is 18.0. The molecule has 130 valence electrons. The predicted molar refractivity (Wildman–Crippen MR) is 93.2 cm³/mol. The summed E-state index contributed by atoms with van der Waals surface area (Å²) in [5.74, 6) is 0.397. The van der Waals surface area contributed by atoms with Crippen LogP contribution < -0.4 is 5.32 Å². The fraction of sp³-hybridized carbons (Fsp3) is 0.421. The number of nitrogens with one attached hydrogen (secondary N) is 1. The van der Waals surface area contributed by atoms with Crippen LogP contribution in [0, 0.1) is 5.92 Å². The van der Waals surface area contributed by atoms with E-state index < -0.39 is 0 Å². The summed E-state index contributed by atoms with van der Waals surface area (Å²) in [6.07, 6.45) is 2.43. The first kappa shape index (κ1) is 15.9. The van der Waals surface area contributed by atoms with E-state index in [-0.39, 0.29) is 17.9 Å². The van der Waals surface area contributed by atoms with Gasteiger partial charge in [0.1, 0.15) is 5.69 Å². The second kappa shape index (κ2) is 6.35. The average Bonchev–Trinajstić information content (AvgIpc) is 3.33. The van der Waals surface area contributed by atoms with Gasteiger partial charge in [-0.2, -0.15) is 5.10 Å². The van der Waals surface area contributed by atoms with Gasteiger partial charge >= 0.3 is 0 Å². The van der Waals surface area contributed by atoms with Gasteiger partial charge in [-0.1, -0.05) is 30.3 Å². The molecule has 1 saturated carbocycles. The summed E-state index contributed by atoms with van der Waals surface area (Å²) in [6.45, 7) is 4.09. The van der Waals surface area contributed by atoms with Crippen LogP contribution in [0.5, 0.6) is 0 Å². The summed E-state index contributed by atoms with van der Waals surface area (Å²) in [7, 11) is 0. The molecule has 1 aliphatic heterocycles. The van der Waals surface area contributed by atoms with Crippen LogP contribution in [0.2, 0.25) is 0 Å². The minimum atomic E-state index is -0.250. The van der Waals surface area contributed by atoms with Crippen molar-refractivity contribution in [3.8, 4) is 0 Å². The van der Waals surface area contributed by atoms with Crippen LogP contribution in [0.3, 0.4) is 0 Å². The van der Waals surface area contributed by atoms with E-state index in [4.69, 9.17) is 0 Å². The van der Waals surface area contributed by atoms with Crippen LogP contribution in [0.15, 0.2) is 36.4 Å². The molecule has 0 saturated heterocycles. The van der Waals surface area contributed by atoms with Crippen LogP contribution in [-0.4, -0.2) is 39.6 Å². The van der Waals surface area contributed by atoms with E-state index in [1.54, 1.807) is 10.7 Å². The summed E-state index contributed by atoms with van der Waals surface area (Å²) >= 11 is 0. The molecule has 4 rings (SSSR count). The summed E-state index contributed by atoms with van der Waals surface area (Å²) in [5.41, 5.74) is 1.86. The molecule has 1 atom stereocenters. The molecule has 0 radical (unpaired) electrons. The molecule has 2 amide bonds. The molecule has 1 aromatic carbocycles. The maximum absolute atomic E-state index is 12.6. The number of rotatable bonds is 5. The van der Waals surface area contributed by atoms with Gasteiger partial charge in [0.25, 0.3) is 11.8 Å². The Morgan fingerprint density at radius 2 is 2.04 bits per heavy atom. The summed E-state index contributed by atoms with van der Waals surface area (Å²) in [5, 5.41) is 7.28. The van der Waals surface area contributed by atoms with Crippen molar-refractivity contribution in [2.24, 2.45) is 5.92 Å². The quantitative estimate of drug-likeness (QED) is 0.909. The van der Waals surface area contributed by atoms with Crippen molar-refractivity contribution in [1.29, 1.82) is 0 Å². The number of carbonyl (C=O) groups excluding carboxylic acids is 2. The standard InChI is InChI=1S/C19H22N4O2/c1-13(15-5-3-2-4-6-15)20-18(24)16-11-17-19(25)22(12-14-7-8-14)9-10-23(17)21-16/h2-6,11,13-14H,7-10,12H2,1H3,(H,20,24). The fourth-order valence-electron chi connectivity index (χ4n) is 3.23. The van der Waals surface area contributed by atoms with Gasteiger partial charge in [0.05, 0.1) is 12.6 Å². The highest BCUT2D eigenvalue weighted by molar-refractivity contribution is 5.98. The first-order valence-corrected chi connectivity index (χ1v) is 8.85. The largest absolute Gasteiger partial charge is 0.344 e. The molecule has 1 aliphatic carbocycles. The van der Waals surface area contributed by atoms with Crippen molar-refractivity contribution in [2.75, 3.05) is 13.1 Å². The number of carbonyl (C=O) groups is 2. The number of benzene rings is 1. The number of aromatic nitrogens is 2. The lowest BCUT2D eigenvalue weighted by atomic mass is 10.1. The van der Waals surface area contributed by atoms with Crippen molar-refractivity contribution in [2.45, 2.75) is 32.4 Å². The molecule has 0 bridgehead atoms. The van der Waals surface area contributed by atoms with E-state index in [1.165, 1.54) is 12.8 Å². The van der Waals surface area contributed by atoms with Gasteiger partial charge in [-0.25, -0.2) is 0 Å². The number of amides is 2. The molecule has 25 heavy (non-hydrogen) atoms. The molecule has 2 heterocycles. The second-order valence-corrected chi connectivity index (χ2v) is 6.94. The van der Waals surface area contributed by atoms with Gasteiger partial charge < -0.3 is 10.2 Å². The molecular weight excluding hydrogens is 316 g/mol. The first-order valence-electron chi connectivity index (χ1n) is 8.85. The smallest absolute Gasteiger partial charge is 0.272 e. The molecule has 6 heteroatoms. The van der Waals surface area contributed by atoms with Crippen molar-refractivity contribution in [3.05, 3.63) is 53.3 Å². The third kappa shape index (κ3) is 3.29. The molecule has 6 nitrogen and oxygen atoms in total. The highest BCUT2D eigenvalue weighted by atomic mass is 16.2. The van der Waals surface area contributed by atoms with Crippen LogP contribution in [0.1, 0.15) is 52.3 Å². The average molecular weight is 338 g/mol. The maximum Gasteiger partial charge on any atom is 0.272 e. The summed E-state index contributed by atoms with van der Waals surface area (Å²) in [4.78, 5) is 27.0. The van der Waals surface area contributed by atoms with Crippen molar-refractivity contribution in [1.82, 2.24) is 20.0 Å². The van der Waals surface area contributed by atoms with E-state index in [2.05, 4.69) is 10.4 Å². The third-order valence-electron chi connectivity index (χ3n) is 4.92. The summed E-state index contributed by atoms with van der Waals surface area (Å²) < 4.78 is 1.66. The Kier molecular flexibility index (Phi) is 4.03. The van der Waals surface area contributed by atoms with E-state index in [0.717, 1.165) is 12.1 Å². The van der Waals surface area contributed by atoms with Gasteiger partial charge in [-0.15, -0.1) is 0 Å². The Hall–Kier alpha value is -2.63. The SMILES string of the molecule is CC(NC(=O)c1cc2n(n1)CCN(CC1CC1)C2=O)c1ccccc1. The molecular formula is C19H22N4O2. The van der Waals surface area contributed by atoms with Gasteiger partial charge in [-0.3, -0.25) is 14.3 Å². The zero-order valence-electron chi connectivity index (χ0n) is 14.3. The monoisotopic (exact) mass is 338 g/mol. The zero-order chi connectivity index (χ0) is 17.4. The van der Waals surface area contributed by atoms with E-state index in [9.17, 15) is 9.59 Å². The molecule has 0 spiro atoms. The van der Waals surface area contributed by atoms with Gasteiger partial charge in [0.2, 0.25) is 0 Å². The minimum absolute atomic E-state index is 0.0131. The highest BCUT2D eigenvalue weighted by Crippen LogP contribution is 2.30. The van der Waals surface area contributed by atoms with Crippen molar-refractivity contribution in [3.63, 3.8) is 0 Å². The molecule has 1 aromatic heterocycles. The topological polar surface area (TPSA) is 67.2 Å². The van der Waals surface area contributed by atoms with Crippen molar-refractivity contribution >= 4 is 11.8 Å². The molecule has 2 aliphatic rings. The van der Waals surface area contributed by atoms with E-state index >= 15 is 0 Å². The Bertz CT molecular complexity index is 795.